The normalized spacial score (nSPS) is 11.5. The second-order valence-electron chi connectivity index (χ2n) is 5.76. The summed E-state index contributed by atoms with van der Waals surface area (Å²) in [6.45, 7) is 5.50. The highest BCUT2D eigenvalue weighted by Crippen LogP contribution is 2.20. The zero-order chi connectivity index (χ0) is 19.1. The van der Waals surface area contributed by atoms with Crippen LogP contribution < -0.4 is 15.6 Å². The minimum Gasteiger partial charge on any atom is -0.478 e. The van der Waals surface area contributed by atoms with Gasteiger partial charge in [0, 0.05) is 4.90 Å². The molecule has 0 heterocycles. The summed E-state index contributed by atoms with van der Waals surface area (Å²) in [4.78, 5) is 24.8. The first-order chi connectivity index (χ1) is 12.4. The number of thioether (sulfide) groups is 1. The molecule has 0 radical (unpaired) electrons. The molecule has 0 aliphatic rings. The van der Waals surface area contributed by atoms with E-state index in [9.17, 15) is 14.0 Å². The monoisotopic (exact) mass is 376 g/mol. The van der Waals surface area contributed by atoms with Crippen LogP contribution in [0, 0.1) is 19.7 Å². The van der Waals surface area contributed by atoms with Gasteiger partial charge in [0.25, 0.3) is 5.91 Å². The predicted molar refractivity (Wildman–Crippen MR) is 99.4 cm³/mol. The lowest BCUT2D eigenvalue weighted by Crippen LogP contribution is -2.47. The van der Waals surface area contributed by atoms with E-state index in [-0.39, 0.29) is 17.4 Å². The molecular weight excluding hydrogens is 355 g/mol. The molecule has 2 aromatic carbocycles. The fourth-order valence-corrected chi connectivity index (χ4v) is 2.80. The Bertz CT molecular complexity index is 798. The number of hydrogen-bond acceptors (Lipinski definition) is 4. The minimum absolute atomic E-state index is 0.0215. The number of para-hydroxylation sites is 1. The molecule has 0 aliphatic carbocycles. The molecule has 0 fully saturated rings. The fourth-order valence-electron chi connectivity index (χ4n) is 2.01. The predicted octanol–water partition coefficient (Wildman–Crippen LogP) is 3.15. The van der Waals surface area contributed by atoms with Gasteiger partial charge in [0.1, 0.15) is 0 Å². The number of hydrogen-bond donors (Lipinski definition) is 2. The van der Waals surface area contributed by atoms with E-state index in [0.29, 0.717) is 0 Å². The quantitative estimate of drug-likeness (QED) is 0.600. The Hall–Kier alpha value is -2.54. The summed E-state index contributed by atoms with van der Waals surface area (Å²) in [5.74, 6) is -1.34. The van der Waals surface area contributed by atoms with Gasteiger partial charge in [0.15, 0.2) is 17.7 Å². The molecule has 7 heteroatoms. The van der Waals surface area contributed by atoms with Crippen LogP contribution in [0.15, 0.2) is 47.4 Å². The van der Waals surface area contributed by atoms with E-state index in [2.05, 4.69) is 10.9 Å². The van der Waals surface area contributed by atoms with E-state index >= 15 is 0 Å². The van der Waals surface area contributed by atoms with Crippen LogP contribution in [0.1, 0.15) is 18.1 Å². The molecule has 2 N–H and O–H groups in total. The van der Waals surface area contributed by atoms with Crippen molar-refractivity contribution in [2.24, 2.45) is 0 Å². The molecule has 5 nitrogen and oxygen atoms in total. The third-order valence-corrected chi connectivity index (χ3v) is 4.68. The molecule has 1 atom stereocenters. The molecule has 0 aromatic heterocycles. The lowest BCUT2D eigenvalue weighted by Gasteiger charge is -2.15. The Morgan fingerprint density at radius 3 is 2.54 bits per heavy atom. The Balaban J connectivity index is 1.76. The maximum Gasteiger partial charge on any atom is 0.279 e. The Morgan fingerprint density at radius 2 is 1.85 bits per heavy atom. The van der Waals surface area contributed by atoms with Crippen LogP contribution in [0.3, 0.4) is 0 Å². The van der Waals surface area contributed by atoms with Crippen LogP contribution in [-0.2, 0) is 9.59 Å². The van der Waals surface area contributed by atoms with Gasteiger partial charge in [-0.15, -0.1) is 11.8 Å². The van der Waals surface area contributed by atoms with Crippen molar-refractivity contribution in [1.82, 2.24) is 10.9 Å². The summed E-state index contributed by atoms with van der Waals surface area (Å²) < 4.78 is 18.8. The number of nitrogens with one attached hydrogen (secondary N) is 2. The summed E-state index contributed by atoms with van der Waals surface area (Å²) >= 11 is 1.37. The summed E-state index contributed by atoms with van der Waals surface area (Å²) in [6, 6.07) is 11.8. The van der Waals surface area contributed by atoms with Crippen molar-refractivity contribution >= 4 is 23.6 Å². The van der Waals surface area contributed by atoms with Crippen molar-refractivity contribution in [3.8, 4) is 5.75 Å². The second-order valence-corrected chi connectivity index (χ2v) is 6.81. The topological polar surface area (TPSA) is 67.4 Å². The SMILES string of the molecule is Cc1ccc(SCC(=O)NNC(=O)[C@@H](C)Oc2ccccc2F)cc1C. The van der Waals surface area contributed by atoms with Crippen molar-refractivity contribution < 1.29 is 18.7 Å². The first kappa shape index (κ1) is 19.8. The van der Waals surface area contributed by atoms with Crippen molar-refractivity contribution in [3.05, 3.63) is 59.4 Å². The number of benzene rings is 2. The van der Waals surface area contributed by atoms with Gasteiger partial charge in [-0.3, -0.25) is 20.4 Å². The number of aryl methyl sites for hydroxylation is 2. The standard InChI is InChI=1S/C19H21FN2O3S/c1-12-8-9-15(10-13(12)2)26-11-18(23)21-22-19(24)14(3)25-17-7-5-4-6-16(17)20/h4-10,14H,11H2,1-3H3,(H,21,23)(H,22,24)/t14-/m1/s1. The van der Waals surface area contributed by atoms with Gasteiger partial charge in [-0.2, -0.15) is 0 Å². The molecule has 0 unspecified atom stereocenters. The fraction of sp³-hybridized carbons (Fsp3) is 0.263. The van der Waals surface area contributed by atoms with E-state index in [0.717, 1.165) is 10.5 Å². The molecule has 138 valence electrons. The van der Waals surface area contributed by atoms with Crippen molar-refractivity contribution in [2.45, 2.75) is 31.8 Å². The molecule has 2 amide bonds. The van der Waals surface area contributed by atoms with Crippen LogP contribution >= 0.6 is 11.8 Å². The van der Waals surface area contributed by atoms with Crippen molar-refractivity contribution in [3.63, 3.8) is 0 Å². The third-order valence-electron chi connectivity index (χ3n) is 3.68. The zero-order valence-electron chi connectivity index (χ0n) is 14.8. The lowest BCUT2D eigenvalue weighted by atomic mass is 10.1. The smallest absolute Gasteiger partial charge is 0.279 e. The molecular formula is C19H21FN2O3S. The lowest BCUT2D eigenvalue weighted by molar-refractivity contribution is -0.132. The highest BCUT2D eigenvalue weighted by molar-refractivity contribution is 8.00. The number of ether oxygens (including phenoxy) is 1. The van der Waals surface area contributed by atoms with E-state index in [1.807, 2.05) is 32.0 Å². The highest BCUT2D eigenvalue weighted by Gasteiger charge is 2.17. The Kier molecular flexibility index (Phi) is 7.03. The number of carbonyl (C=O) groups is 2. The average Bonchev–Trinajstić information content (AvgIpc) is 2.62. The van der Waals surface area contributed by atoms with Crippen LogP contribution in [0.4, 0.5) is 4.39 Å². The Labute approximate surface area is 156 Å². The number of carbonyl (C=O) groups excluding carboxylic acids is 2. The first-order valence-corrected chi connectivity index (χ1v) is 9.05. The molecule has 0 saturated heterocycles. The third kappa shape index (κ3) is 5.77. The van der Waals surface area contributed by atoms with Gasteiger partial charge in [-0.1, -0.05) is 18.2 Å². The minimum atomic E-state index is -0.959. The molecule has 0 spiro atoms. The van der Waals surface area contributed by atoms with E-state index < -0.39 is 17.8 Å². The van der Waals surface area contributed by atoms with Gasteiger partial charge in [0.2, 0.25) is 5.91 Å². The number of halogens is 1. The van der Waals surface area contributed by atoms with Gasteiger partial charge >= 0.3 is 0 Å². The summed E-state index contributed by atoms with van der Waals surface area (Å²) in [7, 11) is 0. The van der Waals surface area contributed by atoms with Gasteiger partial charge < -0.3 is 4.74 Å². The average molecular weight is 376 g/mol. The number of hydrazine groups is 1. The van der Waals surface area contributed by atoms with Crippen LogP contribution in [0.5, 0.6) is 5.75 Å². The summed E-state index contributed by atoms with van der Waals surface area (Å²) in [6.07, 6.45) is -0.959. The molecule has 2 aromatic rings. The molecule has 26 heavy (non-hydrogen) atoms. The summed E-state index contributed by atoms with van der Waals surface area (Å²) in [5.41, 5.74) is 6.95. The maximum atomic E-state index is 13.5. The van der Waals surface area contributed by atoms with Crippen LogP contribution in [0.2, 0.25) is 0 Å². The highest BCUT2D eigenvalue weighted by atomic mass is 32.2. The summed E-state index contributed by atoms with van der Waals surface area (Å²) in [5, 5.41) is 0. The van der Waals surface area contributed by atoms with Crippen molar-refractivity contribution in [2.75, 3.05) is 5.75 Å². The van der Waals surface area contributed by atoms with Crippen molar-refractivity contribution in [1.29, 1.82) is 0 Å². The Morgan fingerprint density at radius 1 is 1.12 bits per heavy atom. The molecule has 2 rings (SSSR count). The van der Waals surface area contributed by atoms with E-state index in [1.54, 1.807) is 6.07 Å². The molecule has 0 aliphatic heterocycles. The molecule has 0 saturated carbocycles. The van der Waals surface area contributed by atoms with Crippen LogP contribution in [-0.4, -0.2) is 23.7 Å². The second kappa shape index (κ2) is 9.24. The largest absolute Gasteiger partial charge is 0.478 e. The van der Waals surface area contributed by atoms with Crippen LogP contribution in [0.25, 0.3) is 0 Å². The molecule has 0 bridgehead atoms. The zero-order valence-corrected chi connectivity index (χ0v) is 15.7. The number of amides is 2. The van der Waals surface area contributed by atoms with Gasteiger partial charge in [-0.05, 0) is 56.2 Å². The van der Waals surface area contributed by atoms with Gasteiger partial charge in [-0.25, -0.2) is 4.39 Å². The number of rotatable bonds is 6. The van der Waals surface area contributed by atoms with E-state index in [4.69, 9.17) is 4.74 Å². The maximum absolute atomic E-state index is 13.5. The van der Waals surface area contributed by atoms with E-state index in [1.165, 1.54) is 42.4 Å². The first-order valence-electron chi connectivity index (χ1n) is 8.06. The van der Waals surface area contributed by atoms with Gasteiger partial charge in [0.05, 0.1) is 5.75 Å².